The van der Waals surface area contributed by atoms with Crippen molar-refractivity contribution in [3.8, 4) is 0 Å². The Balaban J connectivity index is 1.49. The summed E-state index contributed by atoms with van der Waals surface area (Å²) in [5.41, 5.74) is 0. The van der Waals surface area contributed by atoms with Gasteiger partial charge in [0.15, 0.2) is 5.82 Å². The lowest BCUT2D eigenvalue weighted by Gasteiger charge is -2.31. The van der Waals surface area contributed by atoms with E-state index in [0.29, 0.717) is 37.2 Å². The van der Waals surface area contributed by atoms with Crippen LogP contribution in [-0.2, 0) is 4.79 Å². The lowest BCUT2D eigenvalue weighted by molar-refractivity contribution is -0.132. The van der Waals surface area contributed by atoms with Crippen molar-refractivity contribution in [2.45, 2.75) is 32.1 Å². The minimum Gasteiger partial charge on any atom is -0.354 e. The molecule has 1 aliphatic rings. The van der Waals surface area contributed by atoms with E-state index in [1.807, 2.05) is 4.90 Å². The topological polar surface area (TPSA) is 97.0 Å². The molecule has 1 atom stereocenters. The van der Waals surface area contributed by atoms with Crippen LogP contribution in [0.3, 0.4) is 0 Å². The number of rotatable bonds is 5. The molecular weight excluding hydrogens is 296 g/mol. The maximum absolute atomic E-state index is 12.3. The summed E-state index contributed by atoms with van der Waals surface area (Å²) in [7, 11) is 0. The fourth-order valence-corrected chi connectivity index (χ4v) is 2.71. The molecular formula is C15H20N6O2. The average Bonchev–Trinajstić information content (AvgIpc) is 3.02. The van der Waals surface area contributed by atoms with Gasteiger partial charge in [0, 0.05) is 38.4 Å². The molecule has 1 saturated heterocycles. The molecule has 1 unspecified atom stereocenters. The van der Waals surface area contributed by atoms with Crippen LogP contribution in [0.2, 0.25) is 0 Å². The van der Waals surface area contributed by atoms with E-state index in [2.05, 4.69) is 25.4 Å². The molecule has 0 saturated carbocycles. The highest BCUT2D eigenvalue weighted by atomic mass is 16.5. The van der Waals surface area contributed by atoms with E-state index in [0.717, 1.165) is 19.4 Å². The van der Waals surface area contributed by atoms with Crippen LogP contribution < -0.4 is 5.32 Å². The zero-order chi connectivity index (χ0) is 16.1. The SMILES string of the molecule is Cc1noc(C2CCCN(C(=O)CCNc3ncccn3)C2)n1. The Morgan fingerprint density at radius 2 is 2.26 bits per heavy atom. The van der Waals surface area contributed by atoms with Crippen LogP contribution in [0.1, 0.15) is 36.9 Å². The standard InChI is InChI=1S/C15H20N6O2/c1-11-19-14(23-20-11)12-4-2-9-21(10-12)13(22)5-8-18-15-16-6-3-7-17-15/h3,6-7,12H,2,4-5,8-10H2,1H3,(H,16,17,18). The van der Waals surface area contributed by atoms with Gasteiger partial charge in [-0.05, 0) is 25.8 Å². The molecule has 3 heterocycles. The number of hydrogen-bond acceptors (Lipinski definition) is 7. The monoisotopic (exact) mass is 316 g/mol. The van der Waals surface area contributed by atoms with Crippen molar-refractivity contribution in [2.75, 3.05) is 25.0 Å². The van der Waals surface area contributed by atoms with Crippen molar-refractivity contribution >= 4 is 11.9 Å². The molecule has 23 heavy (non-hydrogen) atoms. The molecule has 1 N–H and O–H groups in total. The van der Waals surface area contributed by atoms with Crippen molar-refractivity contribution < 1.29 is 9.32 Å². The van der Waals surface area contributed by atoms with E-state index in [1.165, 1.54) is 0 Å². The molecule has 0 radical (unpaired) electrons. The smallest absolute Gasteiger partial charge is 0.231 e. The second kappa shape index (κ2) is 7.17. The maximum atomic E-state index is 12.3. The number of aryl methyl sites for hydroxylation is 1. The quantitative estimate of drug-likeness (QED) is 0.889. The van der Waals surface area contributed by atoms with E-state index < -0.39 is 0 Å². The lowest BCUT2D eigenvalue weighted by Crippen LogP contribution is -2.39. The van der Waals surface area contributed by atoms with Crippen LogP contribution in [0.25, 0.3) is 0 Å². The van der Waals surface area contributed by atoms with E-state index in [1.54, 1.807) is 25.4 Å². The van der Waals surface area contributed by atoms with E-state index in [9.17, 15) is 4.79 Å². The van der Waals surface area contributed by atoms with Gasteiger partial charge in [0.25, 0.3) is 0 Å². The Labute approximate surface area is 134 Å². The minimum absolute atomic E-state index is 0.120. The first-order valence-corrected chi connectivity index (χ1v) is 7.81. The molecule has 0 aromatic carbocycles. The number of carbonyl (C=O) groups excluding carboxylic acids is 1. The summed E-state index contributed by atoms with van der Waals surface area (Å²) in [5.74, 6) is 2.07. The van der Waals surface area contributed by atoms with Crippen LogP contribution in [-0.4, -0.2) is 50.5 Å². The van der Waals surface area contributed by atoms with Gasteiger partial charge in [-0.3, -0.25) is 4.79 Å². The first kappa shape index (κ1) is 15.4. The first-order chi connectivity index (χ1) is 11.2. The Hall–Kier alpha value is -2.51. The van der Waals surface area contributed by atoms with Gasteiger partial charge in [-0.15, -0.1) is 0 Å². The zero-order valence-corrected chi connectivity index (χ0v) is 13.1. The number of anilines is 1. The predicted molar refractivity (Wildman–Crippen MR) is 82.7 cm³/mol. The molecule has 1 aliphatic heterocycles. The van der Waals surface area contributed by atoms with E-state index >= 15 is 0 Å². The normalized spacial score (nSPS) is 18.0. The molecule has 8 heteroatoms. The second-order valence-corrected chi connectivity index (χ2v) is 5.61. The molecule has 122 valence electrons. The van der Waals surface area contributed by atoms with Gasteiger partial charge in [-0.25, -0.2) is 9.97 Å². The highest BCUT2D eigenvalue weighted by molar-refractivity contribution is 5.76. The van der Waals surface area contributed by atoms with Crippen molar-refractivity contribution in [1.82, 2.24) is 25.0 Å². The number of carbonyl (C=O) groups is 1. The summed E-state index contributed by atoms with van der Waals surface area (Å²) in [6.07, 6.45) is 5.67. The van der Waals surface area contributed by atoms with Gasteiger partial charge in [-0.2, -0.15) is 4.98 Å². The lowest BCUT2D eigenvalue weighted by atomic mass is 9.97. The van der Waals surface area contributed by atoms with Crippen LogP contribution >= 0.6 is 0 Å². The van der Waals surface area contributed by atoms with Crippen molar-refractivity contribution in [3.63, 3.8) is 0 Å². The fraction of sp³-hybridized carbons (Fsp3) is 0.533. The van der Waals surface area contributed by atoms with Gasteiger partial charge >= 0.3 is 0 Å². The summed E-state index contributed by atoms with van der Waals surface area (Å²) < 4.78 is 5.24. The van der Waals surface area contributed by atoms with E-state index in [4.69, 9.17) is 4.52 Å². The summed E-state index contributed by atoms with van der Waals surface area (Å²) >= 11 is 0. The van der Waals surface area contributed by atoms with Crippen LogP contribution in [0.4, 0.5) is 5.95 Å². The Morgan fingerprint density at radius 3 is 3.00 bits per heavy atom. The molecule has 2 aromatic heterocycles. The number of likely N-dealkylation sites (tertiary alicyclic amines) is 1. The van der Waals surface area contributed by atoms with Crippen molar-refractivity contribution in [2.24, 2.45) is 0 Å². The molecule has 2 aromatic rings. The van der Waals surface area contributed by atoms with Crippen LogP contribution in [0, 0.1) is 6.92 Å². The summed E-state index contributed by atoms with van der Waals surface area (Å²) in [5, 5.41) is 6.88. The van der Waals surface area contributed by atoms with Gasteiger partial charge < -0.3 is 14.7 Å². The highest BCUT2D eigenvalue weighted by Gasteiger charge is 2.27. The summed E-state index contributed by atoms with van der Waals surface area (Å²) in [4.78, 5) is 26.6. The molecule has 0 bridgehead atoms. The van der Waals surface area contributed by atoms with Crippen LogP contribution in [0.5, 0.6) is 0 Å². The number of amides is 1. The summed E-state index contributed by atoms with van der Waals surface area (Å²) in [6, 6.07) is 1.75. The van der Waals surface area contributed by atoms with Crippen molar-refractivity contribution in [3.05, 3.63) is 30.2 Å². The third kappa shape index (κ3) is 4.02. The fourth-order valence-electron chi connectivity index (χ4n) is 2.71. The second-order valence-electron chi connectivity index (χ2n) is 5.61. The van der Waals surface area contributed by atoms with Crippen molar-refractivity contribution in [1.29, 1.82) is 0 Å². The van der Waals surface area contributed by atoms with Gasteiger partial charge in [-0.1, -0.05) is 5.16 Å². The molecule has 8 nitrogen and oxygen atoms in total. The number of nitrogens with one attached hydrogen (secondary N) is 1. The minimum atomic E-state index is 0.120. The van der Waals surface area contributed by atoms with Gasteiger partial charge in [0.05, 0.1) is 5.92 Å². The number of hydrogen-bond donors (Lipinski definition) is 1. The molecule has 1 amide bonds. The highest BCUT2D eigenvalue weighted by Crippen LogP contribution is 2.25. The molecule has 0 spiro atoms. The molecule has 1 fully saturated rings. The number of piperidine rings is 1. The predicted octanol–water partition coefficient (Wildman–Crippen LogP) is 1.38. The Bertz CT molecular complexity index is 644. The number of aromatic nitrogens is 4. The average molecular weight is 316 g/mol. The Kier molecular flexibility index (Phi) is 4.80. The number of nitrogens with zero attached hydrogens (tertiary/aromatic N) is 5. The van der Waals surface area contributed by atoms with Gasteiger partial charge in [0.2, 0.25) is 17.7 Å². The largest absolute Gasteiger partial charge is 0.354 e. The first-order valence-electron chi connectivity index (χ1n) is 7.81. The third-order valence-corrected chi connectivity index (χ3v) is 3.85. The zero-order valence-electron chi connectivity index (χ0n) is 13.1. The van der Waals surface area contributed by atoms with E-state index in [-0.39, 0.29) is 11.8 Å². The third-order valence-electron chi connectivity index (χ3n) is 3.85. The molecule has 3 rings (SSSR count). The Morgan fingerprint density at radius 1 is 1.43 bits per heavy atom. The maximum Gasteiger partial charge on any atom is 0.231 e. The summed E-state index contributed by atoms with van der Waals surface area (Å²) in [6.45, 7) is 3.74. The van der Waals surface area contributed by atoms with Crippen LogP contribution in [0.15, 0.2) is 23.0 Å². The molecule has 0 aliphatic carbocycles. The van der Waals surface area contributed by atoms with Gasteiger partial charge in [0.1, 0.15) is 0 Å².